The third-order valence-corrected chi connectivity index (χ3v) is 5.10. The number of carbonyl (C=O) groups excluding carboxylic acids is 1. The highest BCUT2D eigenvalue weighted by Crippen LogP contribution is 2.47. The summed E-state index contributed by atoms with van der Waals surface area (Å²) in [6, 6.07) is 5.60. The van der Waals surface area contributed by atoms with Crippen LogP contribution in [0.15, 0.2) is 18.2 Å². The van der Waals surface area contributed by atoms with Gasteiger partial charge in [-0.2, -0.15) is 0 Å². The van der Waals surface area contributed by atoms with Gasteiger partial charge in [0.2, 0.25) is 0 Å². The topological polar surface area (TPSA) is 54.0 Å². The lowest BCUT2D eigenvalue weighted by atomic mass is 9.78. The van der Waals surface area contributed by atoms with Gasteiger partial charge in [0.15, 0.2) is 0 Å². The Bertz CT molecular complexity index is 530. The summed E-state index contributed by atoms with van der Waals surface area (Å²) >= 11 is 0. The number of rotatable bonds is 3. The van der Waals surface area contributed by atoms with Gasteiger partial charge in [0.05, 0.1) is 0 Å². The Morgan fingerprint density at radius 3 is 2.70 bits per heavy atom. The average Bonchev–Trinajstić information content (AvgIpc) is 2.70. The molecule has 1 amide bonds. The summed E-state index contributed by atoms with van der Waals surface area (Å²) in [4.78, 5) is 16.8. The van der Waals surface area contributed by atoms with E-state index in [-0.39, 0.29) is 17.0 Å². The summed E-state index contributed by atoms with van der Waals surface area (Å²) < 4.78 is 0. The second-order valence-electron chi connectivity index (χ2n) is 6.46. The predicted octanol–water partition coefficient (Wildman–Crippen LogP) is 2.18. The Morgan fingerprint density at radius 2 is 1.95 bits per heavy atom. The molecule has 0 radical (unpaired) electrons. The Labute approximate surface area is 120 Å². The van der Waals surface area contributed by atoms with Crippen LogP contribution in [0.4, 0.5) is 0 Å². The SMILES string of the molecule is CNC12CCCC(NC(=O)c3cccc(C)n3)(CC1)C2. The van der Waals surface area contributed by atoms with Crippen LogP contribution in [0.5, 0.6) is 0 Å². The van der Waals surface area contributed by atoms with E-state index in [4.69, 9.17) is 0 Å². The normalized spacial score (nSPS) is 32.1. The van der Waals surface area contributed by atoms with Gasteiger partial charge >= 0.3 is 0 Å². The zero-order valence-electron chi connectivity index (χ0n) is 12.3. The number of carbonyl (C=O) groups is 1. The molecule has 4 nitrogen and oxygen atoms in total. The Balaban J connectivity index is 1.76. The highest BCUT2D eigenvalue weighted by Gasteiger charge is 2.50. The molecule has 4 heteroatoms. The van der Waals surface area contributed by atoms with Crippen LogP contribution in [0.3, 0.4) is 0 Å². The molecule has 2 aliphatic rings. The minimum absolute atomic E-state index is 0.0240. The zero-order valence-corrected chi connectivity index (χ0v) is 12.3. The lowest BCUT2D eigenvalue weighted by Gasteiger charge is -2.39. The van der Waals surface area contributed by atoms with E-state index in [0.29, 0.717) is 5.69 Å². The molecule has 0 saturated heterocycles. The zero-order chi connectivity index (χ0) is 14.2. The number of hydrogen-bond donors (Lipinski definition) is 2. The summed E-state index contributed by atoms with van der Waals surface area (Å²) in [5.74, 6) is -0.0255. The van der Waals surface area contributed by atoms with Gasteiger partial charge in [-0.3, -0.25) is 4.79 Å². The molecule has 2 saturated carbocycles. The molecule has 1 aromatic heterocycles. The van der Waals surface area contributed by atoms with Gasteiger partial charge in [0, 0.05) is 16.8 Å². The van der Waals surface area contributed by atoms with Gasteiger partial charge < -0.3 is 10.6 Å². The molecule has 0 aromatic carbocycles. The first-order chi connectivity index (χ1) is 9.56. The van der Waals surface area contributed by atoms with Crippen molar-refractivity contribution in [3.63, 3.8) is 0 Å². The molecule has 2 aliphatic carbocycles. The van der Waals surface area contributed by atoms with Crippen molar-refractivity contribution in [2.45, 2.75) is 56.5 Å². The number of hydrogen-bond acceptors (Lipinski definition) is 3. The van der Waals surface area contributed by atoms with E-state index in [1.165, 1.54) is 12.8 Å². The standard InChI is InChI=1S/C16H23N3O/c1-12-5-3-6-13(18-12)14(20)19-16-8-4-7-15(11-16,17-2)9-10-16/h3,5-6,17H,4,7-11H2,1-2H3,(H,19,20). The molecule has 1 aromatic rings. The molecule has 1 heterocycles. The van der Waals surface area contributed by atoms with Crippen molar-refractivity contribution in [2.75, 3.05) is 7.05 Å². The molecule has 108 valence electrons. The van der Waals surface area contributed by atoms with Crippen molar-refractivity contribution in [1.29, 1.82) is 0 Å². The van der Waals surface area contributed by atoms with E-state index in [1.807, 2.05) is 26.1 Å². The number of nitrogens with zero attached hydrogens (tertiary/aromatic N) is 1. The minimum atomic E-state index is -0.0255. The number of pyridine rings is 1. The highest BCUT2D eigenvalue weighted by atomic mass is 16.2. The van der Waals surface area contributed by atoms with E-state index < -0.39 is 0 Å². The largest absolute Gasteiger partial charge is 0.345 e. The molecule has 2 N–H and O–H groups in total. The van der Waals surface area contributed by atoms with Crippen LogP contribution < -0.4 is 10.6 Å². The number of fused-ring (bicyclic) bond motifs is 2. The van der Waals surface area contributed by atoms with Crippen LogP contribution in [0, 0.1) is 6.92 Å². The van der Waals surface area contributed by atoms with Gasteiger partial charge in [0.25, 0.3) is 5.91 Å². The quantitative estimate of drug-likeness (QED) is 0.887. The van der Waals surface area contributed by atoms with Gasteiger partial charge in [0.1, 0.15) is 5.69 Å². The Kier molecular flexibility index (Phi) is 3.28. The first-order valence-electron chi connectivity index (χ1n) is 7.52. The van der Waals surface area contributed by atoms with Crippen molar-refractivity contribution >= 4 is 5.91 Å². The lowest BCUT2D eigenvalue weighted by molar-refractivity contribution is 0.0865. The summed E-state index contributed by atoms with van der Waals surface area (Å²) in [7, 11) is 2.05. The van der Waals surface area contributed by atoms with Crippen molar-refractivity contribution in [1.82, 2.24) is 15.6 Å². The predicted molar refractivity (Wildman–Crippen MR) is 78.7 cm³/mol. The lowest BCUT2D eigenvalue weighted by Crippen LogP contribution is -2.53. The number of aromatic nitrogens is 1. The molecular weight excluding hydrogens is 250 g/mol. The maximum absolute atomic E-state index is 12.4. The van der Waals surface area contributed by atoms with Gasteiger partial charge in [-0.1, -0.05) is 6.07 Å². The second kappa shape index (κ2) is 4.85. The van der Waals surface area contributed by atoms with E-state index in [0.717, 1.165) is 31.4 Å². The van der Waals surface area contributed by atoms with E-state index in [1.54, 1.807) is 6.07 Å². The van der Waals surface area contributed by atoms with Crippen molar-refractivity contribution in [3.8, 4) is 0 Å². The van der Waals surface area contributed by atoms with Crippen LogP contribution in [0.2, 0.25) is 0 Å². The van der Waals surface area contributed by atoms with E-state index >= 15 is 0 Å². The third-order valence-electron chi connectivity index (χ3n) is 5.10. The fraction of sp³-hybridized carbons (Fsp3) is 0.625. The first kappa shape index (κ1) is 13.6. The minimum Gasteiger partial charge on any atom is -0.345 e. The van der Waals surface area contributed by atoms with Crippen LogP contribution in [-0.4, -0.2) is 29.0 Å². The van der Waals surface area contributed by atoms with Crippen LogP contribution in [-0.2, 0) is 0 Å². The fourth-order valence-corrected chi connectivity index (χ4v) is 3.98. The number of aryl methyl sites for hydroxylation is 1. The number of amides is 1. The van der Waals surface area contributed by atoms with Crippen LogP contribution >= 0.6 is 0 Å². The first-order valence-corrected chi connectivity index (χ1v) is 7.52. The highest BCUT2D eigenvalue weighted by molar-refractivity contribution is 5.92. The molecule has 2 fully saturated rings. The summed E-state index contributed by atoms with van der Waals surface area (Å²) in [6.07, 6.45) is 6.78. The van der Waals surface area contributed by atoms with Crippen molar-refractivity contribution in [2.24, 2.45) is 0 Å². The third kappa shape index (κ3) is 2.33. The van der Waals surface area contributed by atoms with E-state index in [2.05, 4.69) is 15.6 Å². The number of nitrogens with one attached hydrogen (secondary N) is 2. The van der Waals surface area contributed by atoms with E-state index in [9.17, 15) is 4.79 Å². The average molecular weight is 273 g/mol. The maximum Gasteiger partial charge on any atom is 0.270 e. The monoisotopic (exact) mass is 273 g/mol. The Morgan fingerprint density at radius 1 is 1.20 bits per heavy atom. The molecule has 3 rings (SSSR count). The summed E-state index contributed by atoms with van der Waals surface area (Å²) in [5, 5.41) is 6.77. The molecule has 20 heavy (non-hydrogen) atoms. The Hall–Kier alpha value is -1.42. The van der Waals surface area contributed by atoms with Crippen LogP contribution in [0.1, 0.15) is 54.7 Å². The van der Waals surface area contributed by atoms with Gasteiger partial charge in [-0.05, 0) is 64.6 Å². The smallest absolute Gasteiger partial charge is 0.270 e. The molecule has 2 atom stereocenters. The molecule has 0 aliphatic heterocycles. The van der Waals surface area contributed by atoms with Crippen molar-refractivity contribution < 1.29 is 4.79 Å². The second-order valence-corrected chi connectivity index (χ2v) is 6.46. The fourth-order valence-electron chi connectivity index (χ4n) is 3.98. The summed E-state index contributed by atoms with van der Waals surface area (Å²) in [6.45, 7) is 1.91. The molecular formula is C16H23N3O. The summed E-state index contributed by atoms with van der Waals surface area (Å²) in [5.41, 5.74) is 1.64. The van der Waals surface area contributed by atoms with Crippen LogP contribution in [0.25, 0.3) is 0 Å². The molecule has 2 unspecified atom stereocenters. The van der Waals surface area contributed by atoms with Gasteiger partial charge in [-0.15, -0.1) is 0 Å². The maximum atomic E-state index is 12.4. The molecule has 0 spiro atoms. The van der Waals surface area contributed by atoms with Crippen molar-refractivity contribution in [3.05, 3.63) is 29.6 Å². The molecule has 2 bridgehead atoms. The van der Waals surface area contributed by atoms with Gasteiger partial charge in [-0.25, -0.2) is 4.98 Å².